The van der Waals surface area contributed by atoms with Crippen LogP contribution in [-0.2, 0) is 4.74 Å². The third-order valence-electron chi connectivity index (χ3n) is 1.79. The first-order valence-corrected chi connectivity index (χ1v) is 5.11. The van der Waals surface area contributed by atoms with E-state index in [9.17, 15) is 0 Å². The maximum atomic E-state index is 8.52. The van der Waals surface area contributed by atoms with Gasteiger partial charge in [0.1, 0.15) is 0 Å². The van der Waals surface area contributed by atoms with E-state index >= 15 is 0 Å². The molecule has 0 atom stereocenters. The topological polar surface area (TPSA) is 29.5 Å². The fourth-order valence-corrected chi connectivity index (χ4v) is 0.723. The van der Waals surface area contributed by atoms with Gasteiger partial charge in [-0.1, -0.05) is 18.6 Å². The third-order valence-corrected chi connectivity index (χ3v) is 1.79. The molecular weight excluding hydrogens is 188 g/mol. The number of hydrogen-bond acceptors (Lipinski definition) is 2. The summed E-state index contributed by atoms with van der Waals surface area (Å²) >= 11 is 0. The van der Waals surface area contributed by atoms with Crippen molar-refractivity contribution < 1.29 is 9.84 Å². The molecule has 0 aromatic carbocycles. The van der Waals surface area contributed by atoms with Crippen molar-refractivity contribution in [3.63, 3.8) is 0 Å². The molecule has 0 aliphatic heterocycles. The fourth-order valence-electron chi connectivity index (χ4n) is 0.723. The van der Waals surface area contributed by atoms with Crippen molar-refractivity contribution in [2.45, 2.75) is 33.6 Å². The molecule has 86 valence electrons. The van der Waals surface area contributed by atoms with Crippen LogP contribution in [0.2, 0.25) is 0 Å². The van der Waals surface area contributed by atoms with Gasteiger partial charge >= 0.3 is 0 Å². The normalized spacial score (nSPS) is 11.6. The zero-order valence-corrected chi connectivity index (χ0v) is 9.99. The van der Waals surface area contributed by atoms with Crippen molar-refractivity contribution in [2.24, 2.45) is 0 Å². The summed E-state index contributed by atoms with van der Waals surface area (Å²) in [7, 11) is 0. The summed E-state index contributed by atoms with van der Waals surface area (Å²) in [6, 6.07) is 0. The van der Waals surface area contributed by atoms with Crippen LogP contribution in [0.1, 0.15) is 33.6 Å². The number of allylic oxidation sites excluding steroid dienone is 4. The number of ether oxygens (including phenoxy) is 1. The Hall–Kier alpha value is -1.20. The molecule has 0 unspecified atom stereocenters. The predicted octanol–water partition coefficient (Wildman–Crippen LogP) is 2.89. The molecule has 1 N–H and O–H groups in total. The Morgan fingerprint density at radius 2 is 1.87 bits per heavy atom. The summed E-state index contributed by atoms with van der Waals surface area (Å²) in [4.78, 5) is 0. The molecule has 0 fully saturated rings. The van der Waals surface area contributed by atoms with Crippen LogP contribution >= 0.6 is 0 Å². The summed E-state index contributed by atoms with van der Waals surface area (Å²) in [5, 5.41) is 8.52. The van der Waals surface area contributed by atoms with Gasteiger partial charge < -0.3 is 9.84 Å². The molecule has 2 nitrogen and oxygen atoms in total. The van der Waals surface area contributed by atoms with Gasteiger partial charge in [-0.2, -0.15) is 0 Å². The Balaban J connectivity index is 0. The van der Waals surface area contributed by atoms with Gasteiger partial charge in [0, 0.05) is 13.0 Å². The molecule has 0 heterocycles. The largest absolute Gasteiger partial charge is 0.498 e. The summed E-state index contributed by atoms with van der Waals surface area (Å²) in [6.07, 6.45) is 13.8. The van der Waals surface area contributed by atoms with E-state index in [1.807, 2.05) is 13.0 Å². The lowest BCUT2D eigenvalue weighted by Gasteiger charge is -2.03. The minimum absolute atomic E-state index is 0.192. The Morgan fingerprint density at radius 1 is 1.27 bits per heavy atom. The van der Waals surface area contributed by atoms with Crippen molar-refractivity contribution in [1.29, 1.82) is 0 Å². The average Bonchev–Trinajstić information content (AvgIpc) is 2.29. The van der Waals surface area contributed by atoms with Crippen molar-refractivity contribution in [3.05, 3.63) is 23.5 Å². The van der Waals surface area contributed by atoms with Gasteiger partial charge in [-0.25, -0.2) is 0 Å². The molecule has 0 amide bonds. The maximum Gasteiger partial charge on any atom is 0.0928 e. The molecule has 0 aliphatic carbocycles. The first-order chi connectivity index (χ1) is 7.20. The van der Waals surface area contributed by atoms with E-state index in [1.54, 1.807) is 0 Å². The quantitative estimate of drug-likeness (QED) is 0.316. The second-order valence-electron chi connectivity index (χ2n) is 3.07. The lowest BCUT2D eigenvalue weighted by molar-refractivity contribution is 0.177. The molecule has 0 spiro atoms. The molecule has 0 aliphatic rings. The average molecular weight is 210 g/mol. The van der Waals surface area contributed by atoms with E-state index < -0.39 is 0 Å². The van der Waals surface area contributed by atoms with E-state index in [4.69, 9.17) is 9.84 Å². The zero-order chi connectivity index (χ0) is 12.1. The van der Waals surface area contributed by atoms with Gasteiger partial charge in [0.05, 0.1) is 12.4 Å². The first-order valence-electron chi connectivity index (χ1n) is 5.11. The van der Waals surface area contributed by atoms with Crippen LogP contribution in [0.15, 0.2) is 23.5 Å². The molecular formula is C13H22O2. The monoisotopic (exact) mass is 210 g/mol. The third kappa shape index (κ3) is 12.8. The molecule has 0 aromatic heterocycles. The highest BCUT2D eigenvalue weighted by Crippen LogP contribution is 2.02. The summed E-state index contributed by atoms with van der Waals surface area (Å²) in [5.74, 6) is 0.904. The fraction of sp³-hybridized carbons (Fsp3) is 0.538. The molecule has 0 aromatic rings. The molecule has 0 radical (unpaired) electrons. The predicted molar refractivity (Wildman–Crippen MR) is 65.3 cm³/mol. The smallest absolute Gasteiger partial charge is 0.0928 e. The minimum Gasteiger partial charge on any atom is -0.498 e. The highest BCUT2D eigenvalue weighted by molar-refractivity contribution is 5.12. The number of rotatable bonds is 6. The van der Waals surface area contributed by atoms with Gasteiger partial charge in [0.25, 0.3) is 0 Å². The SMILES string of the molecule is C#C.CC/C(C)=C/C=C(\C)OCCCO. The second kappa shape index (κ2) is 12.8. The van der Waals surface area contributed by atoms with E-state index in [0.717, 1.165) is 12.2 Å². The number of hydrogen-bond donors (Lipinski definition) is 1. The molecule has 0 rings (SSSR count). The van der Waals surface area contributed by atoms with Crippen LogP contribution < -0.4 is 0 Å². The standard InChI is InChI=1S/C11H20O2.C2H2/c1-4-10(2)6-7-11(3)13-9-5-8-12;1-2/h6-7,12H,4-5,8-9H2,1-3H3;1-2H/b10-6+,11-7+;. The Bertz CT molecular complexity index is 212. The lowest BCUT2D eigenvalue weighted by Crippen LogP contribution is -1.94. The van der Waals surface area contributed by atoms with Gasteiger partial charge in [0.15, 0.2) is 0 Å². The summed E-state index contributed by atoms with van der Waals surface area (Å²) in [6.45, 7) is 6.94. The van der Waals surface area contributed by atoms with Gasteiger partial charge in [-0.05, 0) is 26.3 Å². The van der Waals surface area contributed by atoms with Crippen molar-refractivity contribution in [1.82, 2.24) is 0 Å². The van der Waals surface area contributed by atoms with Gasteiger partial charge in [0.2, 0.25) is 0 Å². The lowest BCUT2D eigenvalue weighted by atomic mass is 10.2. The Kier molecular flexibility index (Phi) is 13.9. The van der Waals surface area contributed by atoms with E-state index in [1.165, 1.54) is 5.57 Å². The van der Waals surface area contributed by atoms with E-state index in [2.05, 4.69) is 32.8 Å². The molecule has 15 heavy (non-hydrogen) atoms. The van der Waals surface area contributed by atoms with Crippen LogP contribution in [-0.4, -0.2) is 18.3 Å². The van der Waals surface area contributed by atoms with Crippen molar-refractivity contribution in [2.75, 3.05) is 13.2 Å². The van der Waals surface area contributed by atoms with Crippen LogP contribution in [0, 0.1) is 12.8 Å². The van der Waals surface area contributed by atoms with Crippen LogP contribution in [0.4, 0.5) is 0 Å². The van der Waals surface area contributed by atoms with Gasteiger partial charge in [-0.15, -0.1) is 12.8 Å². The number of aliphatic hydroxyl groups is 1. The molecule has 0 saturated heterocycles. The molecule has 2 heteroatoms. The second-order valence-corrected chi connectivity index (χ2v) is 3.07. The summed E-state index contributed by atoms with van der Waals surface area (Å²) < 4.78 is 5.33. The van der Waals surface area contributed by atoms with E-state index in [0.29, 0.717) is 13.0 Å². The first kappa shape index (κ1) is 16.2. The summed E-state index contributed by atoms with van der Waals surface area (Å²) in [5.41, 5.74) is 1.34. The minimum atomic E-state index is 0.192. The highest BCUT2D eigenvalue weighted by Gasteiger charge is 1.88. The number of aliphatic hydroxyl groups excluding tert-OH is 1. The maximum absolute atomic E-state index is 8.52. The van der Waals surface area contributed by atoms with Gasteiger partial charge in [-0.3, -0.25) is 0 Å². The Labute approximate surface area is 93.7 Å². The Morgan fingerprint density at radius 3 is 2.33 bits per heavy atom. The van der Waals surface area contributed by atoms with Crippen molar-refractivity contribution >= 4 is 0 Å². The van der Waals surface area contributed by atoms with Crippen LogP contribution in [0.25, 0.3) is 0 Å². The molecule has 0 bridgehead atoms. The number of terminal acetylenes is 1. The van der Waals surface area contributed by atoms with E-state index in [-0.39, 0.29) is 6.61 Å². The zero-order valence-electron chi connectivity index (χ0n) is 9.99. The van der Waals surface area contributed by atoms with Crippen molar-refractivity contribution in [3.8, 4) is 12.8 Å². The van der Waals surface area contributed by atoms with Crippen LogP contribution in [0.5, 0.6) is 0 Å². The van der Waals surface area contributed by atoms with Crippen LogP contribution in [0.3, 0.4) is 0 Å². The molecule has 0 saturated carbocycles. The highest BCUT2D eigenvalue weighted by atomic mass is 16.5.